The molecule has 1 amide bonds. The van der Waals surface area contributed by atoms with Crippen molar-refractivity contribution in [1.82, 2.24) is 5.32 Å². The number of aliphatic hydroxyl groups is 1. The van der Waals surface area contributed by atoms with Crippen molar-refractivity contribution in [3.8, 4) is 0 Å². The van der Waals surface area contributed by atoms with E-state index in [4.69, 9.17) is 15.9 Å². The largest absolute Gasteiger partial charge is 0.512 e. The van der Waals surface area contributed by atoms with E-state index in [1.54, 1.807) is 0 Å². The van der Waals surface area contributed by atoms with Crippen LogP contribution in [0.4, 0.5) is 0 Å². The van der Waals surface area contributed by atoms with E-state index in [0.29, 0.717) is 0 Å². The van der Waals surface area contributed by atoms with Gasteiger partial charge in [0.25, 0.3) is 0 Å². The number of aliphatic carboxylic acids is 1. The van der Waals surface area contributed by atoms with E-state index in [2.05, 4.69) is 11.9 Å². The van der Waals surface area contributed by atoms with Crippen molar-refractivity contribution in [2.75, 3.05) is 6.54 Å². The van der Waals surface area contributed by atoms with Crippen LogP contribution in [0.3, 0.4) is 0 Å². The number of nitrogens with two attached hydrogens (primary N) is 1. The minimum absolute atomic E-state index is 0.0791. The van der Waals surface area contributed by atoms with Gasteiger partial charge in [-0.05, 0) is 0 Å². The summed E-state index contributed by atoms with van der Waals surface area (Å²) in [6.45, 7) is 3.07. The first-order valence-electron chi connectivity index (χ1n) is 3.54. The molecule has 0 unspecified atom stereocenters. The van der Waals surface area contributed by atoms with Crippen LogP contribution in [0.5, 0.6) is 0 Å². The van der Waals surface area contributed by atoms with Crippen LogP contribution in [0.2, 0.25) is 0 Å². The Morgan fingerprint density at radius 1 is 1.46 bits per heavy atom. The average Bonchev–Trinajstić information content (AvgIpc) is 1.96. The smallest absolute Gasteiger partial charge is 0.321 e. The summed E-state index contributed by atoms with van der Waals surface area (Å²) >= 11 is 0. The lowest BCUT2D eigenvalue weighted by Crippen LogP contribution is -2.40. The number of hydrogen-bond donors (Lipinski definition) is 4. The second-order valence-corrected chi connectivity index (χ2v) is 2.51. The van der Waals surface area contributed by atoms with Gasteiger partial charge in [-0.2, -0.15) is 0 Å². The van der Waals surface area contributed by atoms with Crippen LogP contribution in [-0.2, 0) is 9.59 Å². The van der Waals surface area contributed by atoms with Gasteiger partial charge in [0.05, 0.1) is 18.7 Å². The van der Waals surface area contributed by atoms with Crippen molar-refractivity contribution in [2.24, 2.45) is 5.73 Å². The zero-order valence-electron chi connectivity index (χ0n) is 6.99. The molecule has 5 N–H and O–H groups in total. The molecule has 0 aliphatic carbocycles. The predicted octanol–water partition coefficient (Wildman–Crippen LogP) is -1.02. The SMILES string of the molecule is C=C(O)CN[C@@H](CC(N)=O)C(=O)O. The van der Waals surface area contributed by atoms with Crippen molar-refractivity contribution >= 4 is 11.9 Å². The summed E-state index contributed by atoms with van der Waals surface area (Å²) in [4.78, 5) is 20.9. The Bertz CT molecular complexity index is 227. The summed E-state index contributed by atoms with van der Waals surface area (Å²) in [5, 5.41) is 19.6. The molecule has 0 radical (unpaired) electrons. The Morgan fingerprint density at radius 3 is 2.31 bits per heavy atom. The topological polar surface area (TPSA) is 113 Å². The number of nitrogens with one attached hydrogen (secondary N) is 1. The second kappa shape index (κ2) is 5.15. The Labute approximate surface area is 75.0 Å². The van der Waals surface area contributed by atoms with Gasteiger partial charge in [-0.1, -0.05) is 6.58 Å². The molecule has 13 heavy (non-hydrogen) atoms. The van der Waals surface area contributed by atoms with E-state index in [1.807, 2.05) is 0 Å². The Hall–Kier alpha value is -1.56. The van der Waals surface area contributed by atoms with Gasteiger partial charge >= 0.3 is 5.97 Å². The van der Waals surface area contributed by atoms with Gasteiger partial charge in [-0.25, -0.2) is 0 Å². The summed E-state index contributed by atoms with van der Waals surface area (Å²) in [5.74, 6) is -2.11. The third-order valence-electron chi connectivity index (χ3n) is 1.26. The quantitative estimate of drug-likeness (QED) is 0.398. The number of primary amides is 1. The summed E-state index contributed by atoms with van der Waals surface area (Å²) in [6.07, 6.45) is -0.317. The summed E-state index contributed by atoms with van der Waals surface area (Å²) < 4.78 is 0. The van der Waals surface area contributed by atoms with E-state index in [1.165, 1.54) is 0 Å². The molecule has 1 atom stereocenters. The molecule has 74 valence electrons. The van der Waals surface area contributed by atoms with Crippen molar-refractivity contribution in [2.45, 2.75) is 12.5 Å². The molecular formula is C7H12N2O4. The van der Waals surface area contributed by atoms with Gasteiger partial charge in [0.2, 0.25) is 5.91 Å². The third-order valence-corrected chi connectivity index (χ3v) is 1.26. The molecule has 0 saturated carbocycles. The normalized spacial score (nSPS) is 12.0. The van der Waals surface area contributed by atoms with Gasteiger partial charge in [0, 0.05) is 0 Å². The van der Waals surface area contributed by atoms with E-state index in [0.717, 1.165) is 0 Å². The van der Waals surface area contributed by atoms with Crippen LogP contribution >= 0.6 is 0 Å². The molecule has 0 aliphatic heterocycles. The molecule has 0 aromatic heterocycles. The molecule has 0 bridgehead atoms. The minimum Gasteiger partial charge on any atom is -0.512 e. The van der Waals surface area contributed by atoms with Crippen molar-refractivity contribution in [1.29, 1.82) is 0 Å². The first-order chi connectivity index (χ1) is 5.93. The lowest BCUT2D eigenvalue weighted by Gasteiger charge is -2.11. The fourth-order valence-corrected chi connectivity index (χ4v) is 0.689. The molecule has 0 heterocycles. The Morgan fingerprint density at radius 2 is 2.00 bits per heavy atom. The van der Waals surface area contributed by atoms with Gasteiger partial charge in [-0.15, -0.1) is 0 Å². The highest BCUT2D eigenvalue weighted by Gasteiger charge is 2.18. The maximum Gasteiger partial charge on any atom is 0.321 e. The summed E-state index contributed by atoms with van der Waals surface area (Å²) in [6, 6.07) is -1.08. The number of carbonyl (C=O) groups is 2. The maximum atomic E-state index is 10.5. The van der Waals surface area contributed by atoms with Crippen LogP contribution in [0.15, 0.2) is 12.3 Å². The number of hydrogen-bond acceptors (Lipinski definition) is 4. The highest BCUT2D eigenvalue weighted by atomic mass is 16.4. The molecule has 6 heteroatoms. The van der Waals surface area contributed by atoms with E-state index in [-0.39, 0.29) is 18.7 Å². The Kier molecular flexibility index (Phi) is 4.53. The monoisotopic (exact) mass is 188 g/mol. The van der Waals surface area contributed by atoms with Gasteiger partial charge in [-0.3, -0.25) is 14.9 Å². The molecule has 0 aliphatic rings. The minimum atomic E-state index is -1.19. The van der Waals surface area contributed by atoms with Gasteiger partial charge < -0.3 is 15.9 Å². The van der Waals surface area contributed by atoms with E-state index < -0.39 is 17.9 Å². The molecule has 0 fully saturated rings. The first kappa shape index (κ1) is 11.4. The van der Waals surface area contributed by atoms with Crippen LogP contribution in [0, 0.1) is 0 Å². The van der Waals surface area contributed by atoms with Gasteiger partial charge in [0.1, 0.15) is 6.04 Å². The van der Waals surface area contributed by atoms with Crippen molar-refractivity contribution in [3.63, 3.8) is 0 Å². The van der Waals surface area contributed by atoms with Crippen molar-refractivity contribution < 1.29 is 19.8 Å². The molecule has 0 rings (SSSR count). The van der Waals surface area contributed by atoms with E-state index in [9.17, 15) is 9.59 Å². The lowest BCUT2D eigenvalue weighted by molar-refractivity contribution is -0.141. The van der Waals surface area contributed by atoms with Crippen LogP contribution < -0.4 is 11.1 Å². The Balaban J connectivity index is 4.02. The molecule has 0 saturated heterocycles. The van der Waals surface area contributed by atoms with Crippen LogP contribution in [0.25, 0.3) is 0 Å². The number of rotatable bonds is 6. The number of aliphatic hydroxyl groups excluding tert-OH is 1. The summed E-state index contributed by atoms with van der Waals surface area (Å²) in [5.41, 5.74) is 4.81. The predicted molar refractivity (Wildman–Crippen MR) is 45.0 cm³/mol. The first-order valence-corrected chi connectivity index (χ1v) is 3.54. The maximum absolute atomic E-state index is 10.5. The molecule has 6 nitrogen and oxygen atoms in total. The van der Waals surface area contributed by atoms with Crippen LogP contribution in [0.1, 0.15) is 6.42 Å². The molecule has 0 spiro atoms. The number of amides is 1. The second-order valence-electron chi connectivity index (χ2n) is 2.51. The zero-order chi connectivity index (χ0) is 10.4. The number of carboxylic acids is 1. The molecule has 0 aromatic rings. The fourth-order valence-electron chi connectivity index (χ4n) is 0.689. The standard InChI is InChI=1S/C7H12N2O4/c1-4(10)3-9-5(7(12)13)2-6(8)11/h5,9-10H,1-3H2,(H2,8,11)(H,12,13)/t5-/m0/s1. The van der Waals surface area contributed by atoms with Gasteiger partial charge in [0.15, 0.2) is 0 Å². The van der Waals surface area contributed by atoms with Crippen LogP contribution in [-0.4, -0.2) is 34.7 Å². The third kappa shape index (κ3) is 5.68. The molecular weight excluding hydrogens is 176 g/mol. The highest BCUT2D eigenvalue weighted by molar-refractivity contribution is 5.83. The number of carboxylic acid groups (broad SMARTS) is 1. The van der Waals surface area contributed by atoms with E-state index >= 15 is 0 Å². The highest BCUT2D eigenvalue weighted by Crippen LogP contribution is 1.92. The zero-order valence-corrected chi connectivity index (χ0v) is 6.99. The molecule has 0 aromatic carbocycles. The van der Waals surface area contributed by atoms with Crippen molar-refractivity contribution in [3.05, 3.63) is 12.3 Å². The fraction of sp³-hybridized carbons (Fsp3) is 0.429. The summed E-state index contributed by atoms with van der Waals surface area (Å²) in [7, 11) is 0. The lowest BCUT2D eigenvalue weighted by atomic mass is 10.2. The number of carbonyl (C=O) groups excluding carboxylic acids is 1. The average molecular weight is 188 g/mol.